The van der Waals surface area contributed by atoms with E-state index in [1.54, 1.807) is 0 Å². The molecule has 2 aromatic rings. The molecule has 0 unspecified atom stereocenters. The average molecular weight is 301 g/mol. The van der Waals surface area contributed by atoms with Crippen molar-refractivity contribution in [2.45, 2.75) is 20.4 Å². The van der Waals surface area contributed by atoms with Crippen LogP contribution in [-0.4, -0.2) is 42.7 Å². The Labute approximate surface area is 131 Å². The van der Waals surface area contributed by atoms with Gasteiger partial charge in [-0.2, -0.15) is 0 Å². The summed E-state index contributed by atoms with van der Waals surface area (Å²) in [6.45, 7) is 9.62. The summed E-state index contributed by atoms with van der Waals surface area (Å²) in [5.74, 6) is 2.35. The van der Waals surface area contributed by atoms with E-state index in [1.165, 1.54) is 0 Å². The van der Waals surface area contributed by atoms with Gasteiger partial charge in [0.2, 0.25) is 5.89 Å². The lowest BCUT2D eigenvalue weighted by Gasteiger charge is -2.26. The van der Waals surface area contributed by atoms with Crippen LogP contribution in [0, 0.1) is 6.92 Å². The van der Waals surface area contributed by atoms with E-state index in [4.69, 9.17) is 14.1 Å². The molecular weight excluding hydrogens is 278 g/mol. The molecule has 1 N–H and O–H groups in total. The van der Waals surface area contributed by atoms with Crippen LogP contribution in [0.25, 0.3) is 11.5 Å². The van der Waals surface area contributed by atoms with E-state index in [1.807, 2.05) is 38.1 Å². The molecule has 118 valence electrons. The average Bonchev–Trinajstić information content (AvgIpc) is 2.90. The summed E-state index contributed by atoms with van der Waals surface area (Å²) < 4.78 is 11.6. The predicted octanol–water partition coefficient (Wildman–Crippen LogP) is 2.45. The minimum absolute atomic E-state index is 0.629. The Balaban J connectivity index is 1.82. The number of oxazole rings is 1. The molecule has 5 nitrogen and oxygen atoms in total. The van der Waals surface area contributed by atoms with Crippen LogP contribution in [0.5, 0.6) is 5.75 Å². The molecule has 22 heavy (non-hydrogen) atoms. The number of nitrogens with one attached hydrogen (secondary N) is 1. The molecule has 1 aliphatic rings. The van der Waals surface area contributed by atoms with Crippen LogP contribution >= 0.6 is 0 Å². The summed E-state index contributed by atoms with van der Waals surface area (Å²) in [4.78, 5) is 7.11. The van der Waals surface area contributed by atoms with Gasteiger partial charge in [0.25, 0.3) is 0 Å². The highest BCUT2D eigenvalue weighted by atomic mass is 16.5. The highest BCUT2D eigenvalue weighted by Crippen LogP contribution is 2.30. The number of rotatable bonds is 5. The summed E-state index contributed by atoms with van der Waals surface area (Å²) in [5.41, 5.74) is 1.93. The summed E-state index contributed by atoms with van der Waals surface area (Å²) in [5, 5.41) is 3.37. The maximum atomic E-state index is 5.90. The van der Waals surface area contributed by atoms with E-state index < -0.39 is 0 Å². The zero-order valence-electron chi connectivity index (χ0n) is 13.3. The fraction of sp³-hybridized carbons (Fsp3) is 0.471. The maximum absolute atomic E-state index is 5.90. The van der Waals surface area contributed by atoms with E-state index >= 15 is 0 Å². The summed E-state index contributed by atoms with van der Waals surface area (Å²) in [6.07, 6.45) is 0. The third kappa shape index (κ3) is 3.31. The molecule has 2 heterocycles. The molecule has 1 aromatic heterocycles. The van der Waals surface area contributed by atoms with E-state index in [9.17, 15) is 0 Å². The Morgan fingerprint density at radius 2 is 2.05 bits per heavy atom. The number of nitrogens with zero attached hydrogens (tertiary/aromatic N) is 2. The maximum Gasteiger partial charge on any atom is 0.230 e. The molecule has 1 aromatic carbocycles. The van der Waals surface area contributed by atoms with Gasteiger partial charge in [-0.3, -0.25) is 4.90 Å². The van der Waals surface area contributed by atoms with Crippen LogP contribution < -0.4 is 10.1 Å². The quantitative estimate of drug-likeness (QED) is 0.919. The summed E-state index contributed by atoms with van der Waals surface area (Å²) in [6, 6.07) is 7.89. The highest BCUT2D eigenvalue weighted by Gasteiger charge is 2.18. The van der Waals surface area contributed by atoms with Crippen molar-refractivity contribution >= 4 is 0 Å². The number of benzene rings is 1. The smallest absolute Gasteiger partial charge is 0.230 e. The normalized spacial score (nSPS) is 15.9. The number of hydrogen-bond acceptors (Lipinski definition) is 5. The molecule has 0 saturated carbocycles. The molecule has 0 aliphatic carbocycles. The van der Waals surface area contributed by atoms with Crippen LogP contribution in [-0.2, 0) is 6.54 Å². The number of para-hydroxylation sites is 1. The Bertz CT molecular complexity index is 618. The second-order valence-corrected chi connectivity index (χ2v) is 5.48. The van der Waals surface area contributed by atoms with Crippen molar-refractivity contribution < 1.29 is 9.15 Å². The zero-order valence-corrected chi connectivity index (χ0v) is 13.3. The van der Waals surface area contributed by atoms with Gasteiger partial charge >= 0.3 is 0 Å². The largest absolute Gasteiger partial charge is 0.493 e. The van der Waals surface area contributed by atoms with Crippen LogP contribution in [0.2, 0.25) is 0 Å². The molecule has 1 fully saturated rings. The second-order valence-electron chi connectivity index (χ2n) is 5.48. The molecule has 0 bridgehead atoms. The van der Waals surface area contributed by atoms with Crippen molar-refractivity contribution in [3.8, 4) is 17.2 Å². The molecule has 1 aliphatic heterocycles. The first-order chi connectivity index (χ1) is 10.8. The first-order valence-corrected chi connectivity index (χ1v) is 7.89. The Kier molecular flexibility index (Phi) is 4.75. The van der Waals surface area contributed by atoms with Crippen LogP contribution in [0.4, 0.5) is 0 Å². The molecule has 3 rings (SSSR count). The standard InChI is InChI=1S/C17H23N3O2/c1-3-21-16-7-5-4-6-14(16)17-19-15(13(2)22-17)12-20-10-8-18-9-11-20/h4-7,18H,3,8-12H2,1-2H3. The minimum Gasteiger partial charge on any atom is -0.493 e. The van der Waals surface area contributed by atoms with Crippen molar-refractivity contribution in [2.75, 3.05) is 32.8 Å². The monoisotopic (exact) mass is 301 g/mol. The van der Waals surface area contributed by atoms with Crippen LogP contribution in [0.3, 0.4) is 0 Å². The summed E-state index contributed by atoms with van der Waals surface area (Å²) >= 11 is 0. The SMILES string of the molecule is CCOc1ccccc1-c1nc(CN2CCNCC2)c(C)o1. The zero-order chi connectivity index (χ0) is 15.4. The van der Waals surface area contributed by atoms with Gasteiger partial charge in [-0.05, 0) is 26.0 Å². The fourth-order valence-electron chi connectivity index (χ4n) is 2.70. The number of ether oxygens (including phenoxy) is 1. The van der Waals surface area contributed by atoms with E-state index in [2.05, 4.69) is 10.2 Å². The van der Waals surface area contributed by atoms with Gasteiger partial charge in [-0.25, -0.2) is 4.98 Å². The predicted molar refractivity (Wildman–Crippen MR) is 86.0 cm³/mol. The topological polar surface area (TPSA) is 50.5 Å². The van der Waals surface area contributed by atoms with Gasteiger partial charge in [-0.15, -0.1) is 0 Å². The van der Waals surface area contributed by atoms with Gasteiger partial charge in [0, 0.05) is 32.7 Å². The molecule has 0 radical (unpaired) electrons. The molecule has 0 atom stereocenters. The molecular formula is C17H23N3O2. The number of aromatic nitrogens is 1. The molecule has 0 amide bonds. The Hall–Kier alpha value is -1.85. The van der Waals surface area contributed by atoms with Crippen molar-refractivity contribution in [1.82, 2.24) is 15.2 Å². The first kappa shape index (κ1) is 15.1. The van der Waals surface area contributed by atoms with Gasteiger partial charge in [0.1, 0.15) is 11.5 Å². The lowest BCUT2D eigenvalue weighted by Crippen LogP contribution is -2.43. The highest BCUT2D eigenvalue weighted by molar-refractivity contribution is 5.63. The molecule has 1 saturated heterocycles. The van der Waals surface area contributed by atoms with Crippen molar-refractivity contribution in [3.63, 3.8) is 0 Å². The van der Waals surface area contributed by atoms with Crippen molar-refractivity contribution in [1.29, 1.82) is 0 Å². The molecule has 5 heteroatoms. The fourth-order valence-corrected chi connectivity index (χ4v) is 2.70. The summed E-state index contributed by atoms with van der Waals surface area (Å²) in [7, 11) is 0. The van der Waals surface area contributed by atoms with Crippen molar-refractivity contribution in [3.05, 3.63) is 35.7 Å². The number of hydrogen-bond donors (Lipinski definition) is 1. The van der Waals surface area contributed by atoms with E-state index in [0.29, 0.717) is 12.5 Å². The second kappa shape index (κ2) is 6.94. The lowest BCUT2D eigenvalue weighted by molar-refractivity contribution is 0.230. The minimum atomic E-state index is 0.629. The van der Waals surface area contributed by atoms with Gasteiger partial charge < -0.3 is 14.5 Å². The van der Waals surface area contributed by atoms with Crippen LogP contribution in [0.1, 0.15) is 18.4 Å². The first-order valence-electron chi connectivity index (χ1n) is 7.89. The van der Waals surface area contributed by atoms with E-state index in [0.717, 1.165) is 55.5 Å². The third-order valence-electron chi connectivity index (χ3n) is 3.89. The number of aryl methyl sites for hydroxylation is 1. The lowest BCUT2D eigenvalue weighted by atomic mass is 10.2. The molecule has 0 spiro atoms. The van der Waals surface area contributed by atoms with Crippen LogP contribution in [0.15, 0.2) is 28.7 Å². The van der Waals surface area contributed by atoms with Gasteiger partial charge in [0.15, 0.2) is 0 Å². The number of piperazine rings is 1. The van der Waals surface area contributed by atoms with Gasteiger partial charge in [0.05, 0.1) is 17.9 Å². The Morgan fingerprint density at radius 3 is 2.82 bits per heavy atom. The van der Waals surface area contributed by atoms with E-state index in [-0.39, 0.29) is 0 Å². The van der Waals surface area contributed by atoms with Gasteiger partial charge in [-0.1, -0.05) is 12.1 Å². The third-order valence-corrected chi connectivity index (χ3v) is 3.89. The Morgan fingerprint density at radius 1 is 1.27 bits per heavy atom. The van der Waals surface area contributed by atoms with Crippen molar-refractivity contribution in [2.24, 2.45) is 0 Å².